The quantitative estimate of drug-likeness (QED) is 0.811. The molecule has 0 aromatic heterocycles. The van der Waals surface area contributed by atoms with Gasteiger partial charge >= 0.3 is 0 Å². The fourth-order valence-corrected chi connectivity index (χ4v) is 5.04. The van der Waals surface area contributed by atoms with Crippen LogP contribution in [0.1, 0.15) is 29.8 Å². The van der Waals surface area contributed by atoms with Crippen molar-refractivity contribution in [2.45, 2.75) is 26.3 Å². The van der Waals surface area contributed by atoms with Crippen LogP contribution in [0.2, 0.25) is 10.0 Å². The highest BCUT2D eigenvalue weighted by Crippen LogP contribution is 2.35. The third-order valence-corrected chi connectivity index (χ3v) is 6.60. The van der Waals surface area contributed by atoms with Gasteiger partial charge in [0.2, 0.25) is 10.0 Å². The average molecular weight is 413 g/mol. The third kappa shape index (κ3) is 3.68. The standard InChI is InChI=1S/C18H18Cl2N2O3S/c1-3-26(24,25)22-11(2)6-13-7-12(4-5-17(13)22)18(23)21-16-9-14(19)8-15(20)10-16/h4-5,7-11H,3,6H2,1-2H3,(H,21,23)/t11-/m1/s1. The summed E-state index contributed by atoms with van der Waals surface area (Å²) in [5.41, 5.74) is 2.42. The van der Waals surface area contributed by atoms with Crippen molar-refractivity contribution in [2.75, 3.05) is 15.4 Å². The molecule has 1 aliphatic rings. The van der Waals surface area contributed by atoms with Crippen molar-refractivity contribution < 1.29 is 13.2 Å². The van der Waals surface area contributed by atoms with Crippen molar-refractivity contribution in [2.24, 2.45) is 0 Å². The Labute approximate surface area is 163 Å². The number of amides is 1. The molecule has 1 amide bonds. The van der Waals surface area contributed by atoms with Gasteiger partial charge in [0, 0.05) is 27.3 Å². The van der Waals surface area contributed by atoms with Gasteiger partial charge in [-0.05, 0) is 62.2 Å². The lowest BCUT2D eigenvalue weighted by atomic mass is 10.1. The molecule has 1 N–H and O–H groups in total. The maximum absolute atomic E-state index is 12.5. The maximum atomic E-state index is 12.5. The van der Waals surface area contributed by atoms with E-state index in [1.165, 1.54) is 4.31 Å². The molecule has 26 heavy (non-hydrogen) atoms. The predicted molar refractivity (Wildman–Crippen MR) is 106 cm³/mol. The first-order valence-corrected chi connectivity index (χ1v) is 10.5. The molecule has 138 valence electrons. The highest BCUT2D eigenvalue weighted by molar-refractivity contribution is 7.92. The summed E-state index contributed by atoms with van der Waals surface area (Å²) in [5, 5.41) is 3.61. The first-order valence-electron chi connectivity index (χ1n) is 8.13. The van der Waals surface area contributed by atoms with Crippen LogP contribution in [-0.4, -0.2) is 26.1 Å². The Kier molecular flexibility index (Phi) is 5.19. The summed E-state index contributed by atoms with van der Waals surface area (Å²) in [6.45, 7) is 3.49. The van der Waals surface area contributed by atoms with Gasteiger partial charge in [0.25, 0.3) is 5.91 Å². The zero-order valence-corrected chi connectivity index (χ0v) is 16.6. The summed E-state index contributed by atoms with van der Waals surface area (Å²) in [5.74, 6) is -0.273. The van der Waals surface area contributed by atoms with Crippen LogP contribution in [0.3, 0.4) is 0 Å². The summed E-state index contributed by atoms with van der Waals surface area (Å²) < 4.78 is 26.1. The van der Waals surface area contributed by atoms with Gasteiger partial charge < -0.3 is 5.32 Å². The predicted octanol–water partition coefficient (Wildman–Crippen LogP) is 4.35. The van der Waals surface area contributed by atoms with Crippen molar-refractivity contribution >= 4 is 50.5 Å². The molecule has 0 unspecified atom stereocenters. The second-order valence-corrected chi connectivity index (χ2v) is 9.21. The summed E-state index contributed by atoms with van der Waals surface area (Å²) in [7, 11) is -3.35. The second kappa shape index (κ2) is 7.10. The third-order valence-electron chi connectivity index (χ3n) is 4.28. The molecule has 1 atom stereocenters. The fraction of sp³-hybridized carbons (Fsp3) is 0.278. The Morgan fingerprint density at radius 1 is 1.19 bits per heavy atom. The van der Waals surface area contributed by atoms with E-state index in [1.54, 1.807) is 43.3 Å². The minimum atomic E-state index is -3.35. The van der Waals surface area contributed by atoms with Gasteiger partial charge in [0.15, 0.2) is 0 Å². The fourth-order valence-electron chi connectivity index (χ4n) is 3.14. The first-order chi connectivity index (χ1) is 12.2. The number of anilines is 2. The number of hydrogen-bond acceptors (Lipinski definition) is 3. The molecule has 3 rings (SSSR count). The molecule has 0 fully saturated rings. The van der Waals surface area contributed by atoms with Gasteiger partial charge in [0.1, 0.15) is 0 Å². The van der Waals surface area contributed by atoms with E-state index in [4.69, 9.17) is 23.2 Å². The molecule has 0 spiro atoms. The number of sulfonamides is 1. The van der Waals surface area contributed by atoms with Crippen molar-refractivity contribution in [3.63, 3.8) is 0 Å². The Bertz CT molecular complexity index is 956. The number of carbonyl (C=O) groups is 1. The number of benzene rings is 2. The van der Waals surface area contributed by atoms with E-state index in [1.807, 2.05) is 6.92 Å². The van der Waals surface area contributed by atoms with E-state index in [9.17, 15) is 13.2 Å². The van der Waals surface area contributed by atoms with Crippen LogP contribution in [-0.2, 0) is 16.4 Å². The largest absolute Gasteiger partial charge is 0.322 e. The van der Waals surface area contributed by atoms with Crippen LogP contribution in [0.25, 0.3) is 0 Å². The van der Waals surface area contributed by atoms with E-state index in [0.29, 0.717) is 33.4 Å². The molecule has 0 saturated heterocycles. The lowest BCUT2D eigenvalue weighted by Gasteiger charge is -2.23. The molecule has 1 heterocycles. The van der Waals surface area contributed by atoms with E-state index in [-0.39, 0.29) is 17.7 Å². The van der Waals surface area contributed by atoms with E-state index < -0.39 is 10.0 Å². The number of hydrogen-bond donors (Lipinski definition) is 1. The molecule has 0 radical (unpaired) electrons. The highest BCUT2D eigenvalue weighted by atomic mass is 35.5. The van der Waals surface area contributed by atoms with Gasteiger partial charge in [-0.25, -0.2) is 8.42 Å². The van der Waals surface area contributed by atoms with E-state index in [2.05, 4.69) is 5.32 Å². The van der Waals surface area contributed by atoms with Crippen LogP contribution >= 0.6 is 23.2 Å². The van der Waals surface area contributed by atoms with Crippen molar-refractivity contribution in [3.05, 3.63) is 57.6 Å². The van der Waals surface area contributed by atoms with Gasteiger partial charge in [-0.1, -0.05) is 23.2 Å². The van der Waals surface area contributed by atoms with Crippen LogP contribution in [0.5, 0.6) is 0 Å². The topological polar surface area (TPSA) is 66.5 Å². The number of fused-ring (bicyclic) bond motifs is 1. The molecule has 2 aromatic carbocycles. The number of carbonyl (C=O) groups excluding carboxylic acids is 1. The van der Waals surface area contributed by atoms with Crippen molar-refractivity contribution in [1.82, 2.24) is 0 Å². The van der Waals surface area contributed by atoms with Gasteiger partial charge in [-0.15, -0.1) is 0 Å². The zero-order valence-electron chi connectivity index (χ0n) is 14.3. The Balaban J connectivity index is 1.88. The molecule has 8 heteroatoms. The molecule has 0 saturated carbocycles. The number of nitrogens with one attached hydrogen (secondary N) is 1. The number of rotatable bonds is 4. The zero-order chi connectivity index (χ0) is 19.1. The second-order valence-electron chi connectivity index (χ2n) is 6.21. The van der Waals surface area contributed by atoms with Crippen molar-refractivity contribution in [3.8, 4) is 0 Å². The molecule has 0 bridgehead atoms. The number of nitrogens with zero attached hydrogens (tertiary/aromatic N) is 1. The normalized spacial score (nSPS) is 16.5. The molecule has 2 aromatic rings. The van der Waals surface area contributed by atoms with Crippen LogP contribution in [0, 0.1) is 0 Å². The Morgan fingerprint density at radius 3 is 2.46 bits per heavy atom. The molecular formula is C18H18Cl2N2O3S. The lowest BCUT2D eigenvalue weighted by Crippen LogP contribution is -2.36. The smallest absolute Gasteiger partial charge is 0.255 e. The minimum absolute atomic E-state index is 0.0363. The average Bonchev–Trinajstić information content (AvgIpc) is 2.89. The summed E-state index contributed by atoms with van der Waals surface area (Å²) >= 11 is 11.9. The SMILES string of the molecule is CCS(=O)(=O)N1c2ccc(C(=O)Nc3cc(Cl)cc(Cl)c3)cc2C[C@H]1C. The molecular weight excluding hydrogens is 395 g/mol. The maximum Gasteiger partial charge on any atom is 0.255 e. The van der Waals surface area contributed by atoms with Gasteiger partial charge in [-0.3, -0.25) is 9.10 Å². The van der Waals surface area contributed by atoms with E-state index in [0.717, 1.165) is 5.56 Å². The van der Waals surface area contributed by atoms with E-state index >= 15 is 0 Å². The van der Waals surface area contributed by atoms with Gasteiger partial charge in [0.05, 0.1) is 11.4 Å². The summed E-state index contributed by atoms with van der Waals surface area (Å²) in [6.07, 6.45) is 0.568. The first kappa shape index (κ1) is 19.0. The van der Waals surface area contributed by atoms with Crippen LogP contribution < -0.4 is 9.62 Å². The monoisotopic (exact) mass is 412 g/mol. The highest BCUT2D eigenvalue weighted by Gasteiger charge is 2.34. The molecule has 1 aliphatic heterocycles. The number of halogens is 2. The van der Waals surface area contributed by atoms with Gasteiger partial charge in [-0.2, -0.15) is 0 Å². The van der Waals surface area contributed by atoms with Crippen molar-refractivity contribution in [1.29, 1.82) is 0 Å². The van der Waals surface area contributed by atoms with Crippen LogP contribution in [0.15, 0.2) is 36.4 Å². The van der Waals surface area contributed by atoms with Crippen LogP contribution in [0.4, 0.5) is 11.4 Å². The summed E-state index contributed by atoms with van der Waals surface area (Å²) in [6, 6.07) is 9.67. The lowest BCUT2D eigenvalue weighted by molar-refractivity contribution is 0.102. The summed E-state index contributed by atoms with van der Waals surface area (Å²) in [4.78, 5) is 12.5. The molecule has 5 nitrogen and oxygen atoms in total. The Morgan fingerprint density at radius 2 is 1.85 bits per heavy atom. The minimum Gasteiger partial charge on any atom is -0.322 e. The Hall–Kier alpha value is -1.76. The molecule has 0 aliphatic carbocycles.